The van der Waals surface area contributed by atoms with E-state index >= 15 is 0 Å². The van der Waals surface area contributed by atoms with Gasteiger partial charge in [0.1, 0.15) is 0 Å². The Labute approximate surface area is 163 Å². The summed E-state index contributed by atoms with van der Waals surface area (Å²) < 4.78 is 0. The fourth-order valence-corrected chi connectivity index (χ4v) is 4.68. The van der Waals surface area contributed by atoms with Crippen molar-refractivity contribution in [2.75, 3.05) is 19.6 Å². The van der Waals surface area contributed by atoms with Crippen molar-refractivity contribution in [3.8, 4) is 0 Å². The minimum atomic E-state index is -0.668. The molecule has 1 unspecified atom stereocenters. The van der Waals surface area contributed by atoms with Crippen LogP contribution in [-0.2, 0) is 4.79 Å². The Bertz CT molecular complexity index is 799. The molecule has 1 saturated heterocycles. The summed E-state index contributed by atoms with van der Waals surface area (Å²) in [5.41, 5.74) is 3.61. The highest BCUT2D eigenvalue weighted by Gasteiger charge is 2.24. The molecule has 3 nitrogen and oxygen atoms in total. The Morgan fingerprint density at radius 1 is 1.42 bits per heavy atom. The Morgan fingerprint density at radius 3 is 2.96 bits per heavy atom. The van der Waals surface area contributed by atoms with Gasteiger partial charge in [0, 0.05) is 23.0 Å². The zero-order chi connectivity index (χ0) is 18.5. The van der Waals surface area contributed by atoms with E-state index in [1.165, 1.54) is 16.0 Å². The number of rotatable bonds is 6. The largest absolute Gasteiger partial charge is 0.481 e. The van der Waals surface area contributed by atoms with Crippen molar-refractivity contribution < 1.29 is 9.90 Å². The lowest BCUT2D eigenvalue weighted by molar-refractivity contribution is -0.143. The van der Waals surface area contributed by atoms with E-state index in [-0.39, 0.29) is 5.92 Å². The molecule has 1 aromatic heterocycles. The summed E-state index contributed by atoms with van der Waals surface area (Å²) in [7, 11) is 0. The second-order valence-corrected chi connectivity index (χ2v) is 8.18. The monoisotopic (exact) mass is 389 g/mol. The van der Waals surface area contributed by atoms with Crippen molar-refractivity contribution in [1.82, 2.24) is 4.90 Å². The molecule has 0 aliphatic carbocycles. The first-order chi connectivity index (χ1) is 12.5. The number of nitrogens with zero attached hydrogens (tertiary/aromatic N) is 1. The van der Waals surface area contributed by atoms with Gasteiger partial charge in [-0.05, 0) is 73.0 Å². The van der Waals surface area contributed by atoms with Gasteiger partial charge in [-0.2, -0.15) is 0 Å². The average Bonchev–Trinajstić information content (AvgIpc) is 3.04. The zero-order valence-corrected chi connectivity index (χ0v) is 16.5. The normalized spacial score (nSPS) is 18.8. The van der Waals surface area contributed by atoms with Crippen molar-refractivity contribution in [2.24, 2.45) is 5.92 Å². The lowest BCUT2D eigenvalue weighted by atomic mass is 9.97. The fourth-order valence-electron chi connectivity index (χ4n) is 3.50. The number of carbonyl (C=O) groups is 1. The SMILES string of the molecule is Cc1ccsc1/C(=C\CCN1CCCC(C(=O)O)C1)c1cccc(Cl)c1. The second-order valence-electron chi connectivity index (χ2n) is 6.83. The van der Waals surface area contributed by atoms with Gasteiger partial charge in [-0.3, -0.25) is 4.79 Å². The molecule has 1 fully saturated rings. The van der Waals surface area contributed by atoms with E-state index in [0.29, 0.717) is 6.54 Å². The number of carboxylic acids is 1. The summed E-state index contributed by atoms with van der Waals surface area (Å²) in [4.78, 5) is 14.8. The molecule has 0 radical (unpaired) electrons. The van der Waals surface area contributed by atoms with Crippen LogP contribution in [0.1, 0.15) is 35.3 Å². The topological polar surface area (TPSA) is 40.5 Å². The number of thiophene rings is 1. The summed E-state index contributed by atoms with van der Waals surface area (Å²) in [6.07, 6.45) is 4.93. The van der Waals surface area contributed by atoms with Crippen LogP contribution in [0.5, 0.6) is 0 Å². The van der Waals surface area contributed by atoms with E-state index in [4.69, 9.17) is 11.6 Å². The zero-order valence-electron chi connectivity index (χ0n) is 15.0. The molecule has 1 aromatic carbocycles. The van der Waals surface area contributed by atoms with Crippen LogP contribution in [0, 0.1) is 12.8 Å². The molecule has 1 aliphatic heterocycles. The standard InChI is InChI=1S/C21H24ClNO2S/c1-15-9-12-26-20(15)19(16-5-2-7-18(22)13-16)8-4-11-23-10-3-6-17(14-23)21(24)25/h2,5,7-9,12-13,17H,3-4,6,10-11,14H2,1H3,(H,24,25)/b19-8-. The smallest absolute Gasteiger partial charge is 0.307 e. The quantitative estimate of drug-likeness (QED) is 0.726. The van der Waals surface area contributed by atoms with E-state index in [9.17, 15) is 9.90 Å². The van der Waals surface area contributed by atoms with Crippen LogP contribution in [-0.4, -0.2) is 35.6 Å². The minimum absolute atomic E-state index is 0.223. The molecule has 0 saturated carbocycles. The maximum atomic E-state index is 11.2. The van der Waals surface area contributed by atoms with Crippen LogP contribution in [0.4, 0.5) is 0 Å². The van der Waals surface area contributed by atoms with Crippen LogP contribution in [0.2, 0.25) is 5.02 Å². The van der Waals surface area contributed by atoms with Crippen LogP contribution in [0.15, 0.2) is 41.8 Å². The Hall–Kier alpha value is -1.62. The number of likely N-dealkylation sites (tertiary alicyclic amines) is 1. The molecular formula is C21H24ClNO2S. The maximum Gasteiger partial charge on any atom is 0.307 e. The molecule has 0 amide bonds. The van der Waals surface area contributed by atoms with Crippen LogP contribution in [0.25, 0.3) is 5.57 Å². The van der Waals surface area contributed by atoms with Crippen molar-refractivity contribution >= 4 is 34.5 Å². The first-order valence-electron chi connectivity index (χ1n) is 9.00. The third kappa shape index (κ3) is 4.76. The number of carboxylic acid groups (broad SMARTS) is 1. The number of aryl methyl sites for hydroxylation is 1. The van der Waals surface area contributed by atoms with Gasteiger partial charge in [-0.15, -0.1) is 11.3 Å². The van der Waals surface area contributed by atoms with E-state index in [1.54, 1.807) is 11.3 Å². The van der Waals surface area contributed by atoms with Gasteiger partial charge in [0.25, 0.3) is 0 Å². The van der Waals surface area contributed by atoms with Crippen LogP contribution in [0.3, 0.4) is 0 Å². The Kier molecular flexibility index (Phi) is 6.52. The van der Waals surface area contributed by atoms with Gasteiger partial charge in [-0.1, -0.05) is 29.8 Å². The molecule has 26 heavy (non-hydrogen) atoms. The van der Waals surface area contributed by atoms with Crippen molar-refractivity contribution in [3.05, 3.63) is 62.8 Å². The molecule has 1 aliphatic rings. The first-order valence-corrected chi connectivity index (χ1v) is 10.3. The molecule has 0 spiro atoms. The van der Waals surface area contributed by atoms with Crippen molar-refractivity contribution in [2.45, 2.75) is 26.2 Å². The molecule has 3 rings (SSSR count). The second kappa shape index (κ2) is 8.85. The molecule has 1 atom stereocenters. The number of benzene rings is 1. The summed E-state index contributed by atoms with van der Waals surface area (Å²) in [6, 6.07) is 10.1. The van der Waals surface area contributed by atoms with Crippen LogP contribution >= 0.6 is 22.9 Å². The van der Waals surface area contributed by atoms with Gasteiger partial charge in [0.15, 0.2) is 0 Å². The number of hydrogen-bond acceptors (Lipinski definition) is 3. The van der Waals surface area contributed by atoms with Gasteiger partial charge in [0.2, 0.25) is 0 Å². The van der Waals surface area contributed by atoms with E-state index in [2.05, 4.69) is 35.4 Å². The fraction of sp³-hybridized carbons (Fsp3) is 0.381. The van der Waals surface area contributed by atoms with E-state index < -0.39 is 5.97 Å². The summed E-state index contributed by atoms with van der Waals surface area (Å²) in [6.45, 7) is 4.67. The molecule has 138 valence electrons. The number of aliphatic carboxylic acids is 1. The predicted molar refractivity (Wildman–Crippen MR) is 109 cm³/mol. The van der Waals surface area contributed by atoms with Crippen molar-refractivity contribution in [1.29, 1.82) is 0 Å². The molecule has 0 bridgehead atoms. The molecular weight excluding hydrogens is 366 g/mol. The molecule has 1 N–H and O–H groups in total. The van der Waals surface area contributed by atoms with Crippen molar-refractivity contribution in [3.63, 3.8) is 0 Å². The predicted octanol–water partition coefficient (Wildman–Crippen LogP) is 5.33. The highest BCUT2D eigenvalue weighted by atomic mass is 35.5. The van der Waals surface area contributed by atoms with Gasteiger partial charge >= 0.3 is 5.97 Å². The summed E-state index contributed by atoms with van der Waals surface area (Å²) in [5.74, 6) is -0.890. The molecule has 2 heterocycles. The summed E-state index contributed by atoms with van der Waals surface area (Å²) >= 11 is 7.95. The Balaban J connectivity index is 1.75. The number of halogens is 1. The average molecular weight is 390 g/mol. The van der Waals surface area contributed by atoms with Gasteiger partial charge < -0.3 is 10.0 Å². The summed E-state index contributed by atoms with van der Waals surface area (Å²) in [5, 5.41) is 12.1. The maximum absolute atomic E-state index is 11.2. The molecule has 5 heteroatoms. The third-order valence-corrected chi connectivity index (χ3v) is 6.18. The lowest BCUT2D eigenvalue weighted by Crippen LogP contribution is -2.39. The minimum Gasteiger partial charge on any atom is -0.481 e. The third-order valence-electron chi connectivity index (χ3n) is 4.89. The van der Waals surface area contributed by atoms with E-state index in [1.807, 2.05) is 18.2 Å². The lowest BCUT2D eigenvalue weighted by Gasteiger charge is -2.30. The van der Waals surface area contributed by atoms with E-state index in [0.717, 1.165) is 42.9 Å². The first kappa shape index (κ1) is 19.2. The highest BCUT2D eigenvalue weighted by molar-refractivity contribution is 7.11. The highest BCUT2D eigenvalue weighted by Crippen LogP contribution is 2.32. The van der Waals surface area contributed by atoms with Gasteiger partial charge in [0.05, 0.1) is 5.92 Å². The Morgan fingerprint density at radius 2 is 2.27 bits per heavy atom. The molecule has 2 aromatic rings. The number of hydrogen-bond donors (Lipinski definition) is 1. The van der Waals surface area contributed by atoms with Gasteiger partial charge in [-0.25, -0.2) is 0 Å². The number of piperidine rings is 1. The van der Waals surface area contributed by atoms with Crippen LogP contribution < -0.4 is 0 Å².